The Balaban J connectivity index is 0.000000604. The molecule has 9 nitrogen and oxygen atoms in total. The van der Waals surface area contributed by atoms with Gasteiger partial charge in [0.05, 0.1) is 10.5 Å². The lowest BCUT2D eigenvalue weighted by Gasteiger charge is -2.31. The van der Waals surface area contributed by atoms with Crippen molar-refractivity contribution in [1.29, 1.82) is 0 Å². The fourth-order valence-electron chi connectivity index (χ4n) is 3.50. The summed E-state index contributed by atoms with van der Waals surface area (Å²) in [5.74, 6) is -2.95. The van der Waals surface area contributed by atoms with Crippen molar-refractivity contribution in [2.45, 2.75) is 38.3 Å². The van der Waals surface area contributed by atoms with E-state index in [1.54, 1.807) is 31.2 Å². The molecular formula is C24H31F3N4O5S. The Labute approximate surface area is 214 Å². The summed E-state index contributed by atoms with van der Waals surface area (Å²) in [5.41, 5.74) is 3.21. The number of alkyl halides is 3. The number of carbonyl (C=O) groups excluding carboxylic acids is 1. The number of carbonyl (C=O) groups is 2. The van der Waals surface area contributed by atoms with Gasteiger partial charge in [0, 0.05) is 44.1 Å². The third kappa shape index (κ3) is 8.64. The highest BCUT2D eigenvalue weighted by Gasteiger charge is 2.38. The number of nitrogens with zero attached hydrogens (tertiary/aromatic N) is 1. The first-order chi connectivity index (χ1) is 17.3. The van der Waals surface area contributed by atoms with Crippen LogP contribution < -0.4 is 20.3 Å². The van der Waals surface area contributed by atoms with Gasteiger partial charge in [-0.05, 0) is 55.7 Å². The molecule has 0 radical (unpaired) electrons. The summed E-state index contributed by atoms with van der Waals surface area (Å²) >= 11 is 0. The van der Waals surface area contributed by atoms with Crippen molar-refractivity contribution < 1.29 is 36.3 Å². The molecule has 3 rings (SSSR count). The molecule has 37 heavy (non-hydrogen) atoms. The molecule has 204 valence electrons. The molecule has 0 spiro atoms. The molecule has 1 aliphatic rings. The number of hydrogen-bond donors (Lipinski definition) is 4. The third-order valence-electron chi connectivity index (χ3n) is 5.36. The molecule has 0 bridgehead atoms. The number of hydrogen-bond acceptors (Lipinski definition) is 6. The zero-order valence-electron chi connectivity index (χ0n) is 20.8. The predicted octanol–water partition coefficient (Wildman–Crippen LogP) is 3.29. The highest BCUT2D eigenvalue weighted by molar-refractivity contribution is 7.92. The van der Waals surface area contributed by atoms with E-state index in [1.807, 2.05) is 26.0 Å². The Morgan fingerprint density at radius 1 is 1.08 bits per heavy atom. The van der Waals surface area contributed by atoms with E-state index in [0.717, 1.165) is 43.9 Å². The molecule has 0 unspecified atom stereocenters. The van der Waals surface area contributed by atoms with Crippen molar-refractivity contribution in [1.82, 2.24) is 10.6 Å². The predicted molar refractivity (Wildman–Crippen MR) is 135 cm³/mol. The van der Waals surface area contributed by atoms with E-state index in [1.165, 1.54) is 0 Å². The Morgan fingerprint density at radius 2 is 1.70 bits per heavy atom. The smallest absolute Gasteiger partial charge is 0.475 e. The first kappa shape index (κ1) is 29.9. The van der Waals surface area contributed by atoms with Crippen LogP contribution in [0.2, 0.25) is 0 Å². The number of aliphatic carboxylic acids is 1. The lowest BCUT2D eigenvalue weighted by Crippen LogP contribution is -2.44. The number of rotatable bonds is 7. The second-order valence-electron chi connectivity index (χ2n) is 8.40. The Bertz CT molecular complexity index is 1210. The third-order valence-corrected chi connectivity index (χ3v) is 6.89. The van der Waals surface area contributed by atoms with Gasteiger partial charge in [0.2, 0.25) is 0 Å². The zero-order valence-corrected chi connectivity index (χ0v) is 21.6. The lowest BCUT2D eigenvalue weighted by atomic mass is 10.1. The van der Waals surface area contributed by atoms with E-state index in [2.05, 4.69) is 20.3 Å². The van der Waals surface area contributed by atoms with Crippen LogP contribution in [0.15, 0.2) is 41.3 Å². The van der Waals surface area contributed by atoms with Gasteiger partial charge in [0.25, 0.3) is 15.9 Å². The maximum absolute atomic E-state index is 13.0. The average molecular weight is 545 g/mol. The first-order valence-corrected chi connectivity index (χ1v) is 13.0. The number of aryl methyl sites for hydroxylation is 2. The molecule has 1 fully saturated rings. The van der Waals surface area contributed by atoms with Gasteiger partial charge in [-0.1, -0.05) is 19.1 Å². The molecule has 1 saturated heterocycles. The standard InChI is InChI=1S/C22H30N4O3S.C2HF3O2/c1-4-9-24-22(27)19-15-18(7-8-20(19)26-12-10-23-11-13-26)25-30(28,29)21-14-16(2)5-6-17(21)3;3-2(4,5)1(6)7/h5-8,14-15,23,25H,4,9-13H2,1-3H3,(H,24,27);(H,6,7). The van der Waals surface area contributed by atoms with Crippen LogP contribution in [-0.2, 0) is 14.8 Å². The zero-order chi connectivity index (χ0) is 27.8. The van der Waals surface area contributed by atoms with Crippen molar-refractivity contribution in [3.8, 4) is 0 Å². The fraction of sp³-hybridized carbons (Fsp3) is 0.417. The van der Waals surface area contributed by atoms with E-state index in [4.69, 9.17) is 9.90 Å². The van der Waals surface area contributed by atoms with E-state index >= 15 is 0 Å². The number of piperazine rings is 1. The Morgan fingerprint density at radius 3 is 2.27 bits per heavy atom. The number of nitrogens with one attached hydrogen (secondary N) is 3. The molecular weight excluding hydrogens is 513 g/mol. The van der Waals surface area contributed by atoms with Gasteiger partial charge >= 0.3 is 12.1 Å². The quantitative estimate of drug-likeness (QED) is 0.421. The monoisotopic (exact) mass is 544 g/mol. The number of sulfonamides is 1. The van der Waals surface area contributed by atoms with Gasteiger partial charge in [-0.3, -0.25) is 9.52 Å². The van der Waals surface area contributed by atoms with Gasteiger partial charge in [-0.25, -0.2) is 13.2 Å². The first-order valence-electron chi connectivity index (χ1n) is 11.5. The van der Waals surface area contributed by atoms with Crippen molar-refractivity contribution in [2.75, 3.05) is 42.3 Å². The molecule has 13 heteroatoms. The Hall–Kier alpha value is -3.32. The Kier molecular flexibility index (Phi) is 10.3. The molecule has 2 aromatic carbocycles. The minimum absolute atomic E-state index is 0.196. The number of anilines is 2. The summed E-state index contributed by atoms with van der Waals surface area (Å²) in [6.07, 6.45) is -4.26. The van der Waals surface area contributed by atoms with E-state index in [-0.39, 0.29) is 10.8 Å². The number of carboxylic acid groups (broad SMARTS) is 1. The van der Waals surface area contributed by atoms with E-state index in [0.29, 0.717) is 23.4 Å². The van der Waals surface area contributed by atoms with Crippen molar-refractivity contribution >= 4 is 33.3 Å². The molecule has 1 heterocycles. The SMILES string of the molecule is CCCNC(=O)c1cc(NS(=O)(=O)c2cc(C)ccc2C)ccc1N1CCNCC1.O=C(O)C(F)(F)F. The van der Waals surface area contributed by atoms with Crippen LogP contribution in [0, 0.1) is 13.8 Å². The summed E-state index contributed by atoms with van der Waals surface area (Å²) in [7, 11) is -3.77. The van der Waals surface area contributed by atoms with Crippen LogP contribution in [0.1, 0.15) is 34.8 Å². The molecule has 0 atom stereocenters. The van der Waals surface area contributed by atoms with Crippen LogP contribution >= 0.6 is 0 Å². The molecule has 0 aliphatic carbocycles. The average Bonchev–Trinajstić information content (AvgIpc) is 2.84. The van der Waals surface area contributed by atoms with Crippen LogP contribution in [0.3, 0.4) is 0 Å². The molecule has 2 aromatic rings. The van der Waals surface area contributed by atoms with Crippen molar-refractivity contribution in [3.63, 3.8) is 0 Å². The van der Waals surface area contributed by atoms with Crippen molar-refractivity contribution in [3.05, 3.63) is 53.1 Å². The van der Waals surface area contributed by atoms with Crippen LogP contribution in [0.25, 0.3) is 0 Å². The summed E-state index contributed by atoms with van der Waals surface area (Å²) < 4.78 is 60.3. The van der Waals surface area contributed by atoms with Crippen LogP contribution in [0.4, 0.5) is 24.5 Å². The highest BCUT2D eigenvalue weighted by atomic mass is 32.2. The minimum Gasteiger partial charge on any atom is -0.475 e. The highest BCUT2D eigenvalue weighted by Crippen LogP contribution is 2.27. The molecule has 0 saturated carbocycles. The normalized spacial score (nSPS) is 13.8. The van der Waals surface area contributed by atoms with Gasteiger partial charge in [-0.15, -0.1) is 0 Å². The molecule has 1 amide bonds. The number of amides is 1. The van der Waals surface area contributed by atoms with E-state index < -0.39 is 22.2 Å². The summed E-state index contributed by atoms with van der Waals surface area (Å²) in [6, 6.07) is 10.5. The molecule has 4 N–H and O–H groups in total. The number of halogens is 3. The van der Waals surface area contributed by atoms with Crippen LogP contribution in [-0.4, -0.2) is 64.3 Å². The maximum Gasteiger partial charge on any atom is 0.490 e. The van der Waals surface area contributed by atoms with Gasteiger partial charge in [-0.2, -0.15) is 13.2 Å². The summed E-state index contributed by atoms with van der Waals surface area (Å²) in [6.45, 7) is 9.46. The topological polar surface area (TPSA) is 128 Å². The largest absolute Gasteiger partial charge is 0.490 e. The second kappa shape index (κ2) is 12.8. The molecule has 0 aromatic heterocycles. The summed E-state index contributed by atoms with van der Waals surface area (Å²) in [5, 5.41) is 13.3. The number of carboxylic acids is 1. The van der Waals surface area contributed by atoms with Crippen LogP contribution in [0.5, 0.6) is 0 Å². The maximum atomic E-state index is 13.0. The van der Waals surface area contributed by atoms with E-state index in [9.17, 15) is 26.4 Å². The van der Waals surface area contributed by atoms with Gasteiger partial charge in [0.15, 0.2) is 0 Å². The van der Waals surface area contributed by atoms with Gasteiger partial charge in [0.1, 0.15) is 0 Å². The molecule has 1 aliphatic heterocycles. The van der Waals surface area contributed by atoms with Gasteiger partial charge < -0.3 is 20.6 Å². The minimum atomic E-state index is -5.08. The fourth-order valence-corrected chi connectivity index (χ4v) is 4.88. The summed E-state index contributed by atoms with van der Waals surface area (Å²) in [4.78, 5) is 24.1. The van der Waals surface area contributed by atoms with Crippen molar-refractivity contribution in [2.24, 2.45) is 0 Å². The second-order valence-corrected chi connectivity index (χ2v) is 10.1. The number of benzene rings is 2. The lowest BCUT2D eigenvalue weighted by molar-refractivity contribution is -0.192.